The van der Waals surface area contributed by atoms with Crippen molar-refractivity contribution in [3.63, 3.8) is 0 Å². The van der Waals surface area contributed by atoms with E-state index in [-0.39, 0.29) is 5.91 Å². The number of hydrogen-bond donors (Lipinski definition) is 1. The second kappa shape index (κ2) is 10.2. The first-order valence-corrected chi connectivity index (χ1v) is 8.81. The maximum Gasteiger partial charge on any atom is 0.240 e. The van der Waals surface area contributed by atoms with Crippen LogP contribution in [0, 0.1) is 6.92 Å². The van der Waals surface area contributed by atoms with E-state index in [0.717, 1.165) is 29.9 Å². The molecular weight excluding hydrogens is 328 g/mol. The zero-order chi connectivity index (χ0) is 18.8. The van der Waals surface area contributed by atoms with Gasteiger partial charge in [0.1, 0.15) is 11.5 Å². The van der Waals surface area contributed by atoms with Crippen LogP contribution in [-0.2, 0) is 11.2 Å². The van der Waals surface area contributed by atoms with Crippen LogP contribution < -0.4 is 14.9 Å². The maximum atomic E-state index is 11.9. The minimum Gasteiger partial charge on any atom is -0.497 e. The average molecular weight is 354 g/mol. The summed E-state index contributed by atoms with van der Waals surface area (Å²) in [6.07, 6.45) is 3.65. The molecule has 2 aromatic rings. The van der Waals surface area contributed by atoms with Crippen LogP contribution in [0.15, 0.2) is 47.6 Å². The Morgan fingerprint density at radius 3 is 2.77 bits per heavy atom. The fourth-order valence-electron chi connectivity index (χ4n) is 2.62. The normalized spacial score (nSPS) is 10.7. The molecule has 5 nitrogen and oxygen atoms in total. The largest absolute Gasteiger partial charge is 0.497 e. The van der Waals surface area contributed by atoms with Gasteiger partial charge in [-0.2, -0.15) is 5.10 Å². The van der Waals surface area contributed by atoms with Gasteiger partial charge in [0.15, 0.2) is 0 Å². The second-order valence-electron chi connectivity index (χ2n) is 5.91. The third-order valence-corrected chi connectivity index (χ3v) is 4.01. The van der Waals surface area contributed by atoms with Crippen molar-refractivity contribution in [1.82, 2.24) is 5.43 Å². The quantitative estimate of drug-likeness (QED) is 0.549. The van der Waals surface area contributed by atoms with Crippen LogP contribution in [0.1, 0.15) is 36.5 Å². The van der Waals surface area contributed by atoms with Crippen LogP contribution in [0.5, 0.6) is 11.5 Å². The van der Waals surface area contributed by atoms with Gasteiger partial charge in [0, 0.05) is 12.0 Å². The van der Waals surface area contributed by atoms with Crippen molar-refractivity contribution < 1.29 is 14.3 Å². The number of rotatable bonds is 9. The van der Waals surface area contributed by atoms with Crippen molar-refractivity contribution in [2.45, 2.75) is 33.1 Å². The number of benzene rings is 2. The predicted octanol–water partition coefficient (Wildman–Crippen LogP) is 3.88. The molecule has 1 amide bonds. The summed E-state index contributed by atoms with van der Waals surface area (Å²) in [5.41, 5.74) is 5.82. The topological polar surface area (TPSA) is 59.9 Å². The summed E-state index contributed by atoms with van der Waals surface area (Å²) >= 11 is 0. The molecule has 0 aromatic heterocycles. The fourth-order valence-corrected chi connectivity index (χ4v) is 2.62. The molecule has 0 bridgehead atoms. The number of carbonyl (C=O) groups excluding carboxylic acids is 1. The predicted molar refractivity (Wildman–Crippen MR) is 104 cm³/mol. The molecule has 0 heterocycles. The van der Waals surface area contributed by atoms with Gasteiger partial charge >= 0.3 is 0 Å². The highest BCUT2D eigenvalue weighted by Crippen LogP contribution is 2.18. The van der Waals surface area contributed by atoms with Crippen molar-refractivity contribution in [2.75, 3.05) is 13.7 Å². The van der Waals surface area contributed by atoms with E-state index in [1.165, 1.54) is 11.1 Å². The number of amides is 1. The van der Waals surface area contributed by atoms with E-state index in [0.29, 0.717) is 13.0 Å². The van der Waals surface area contributed by atoms with Crippen molar-refractivity contribution in [3.8, 4) is 11.5 Å². The Labute approximate surface area is 155 Å². The molecule has 0 atom stereocenters. The van der Waals surface area contributed by atoms with Crippen molar-refractivity contribution >= 4 is 12.1 Å². The van der Waals surface area contributed by atoms with Gasteiger partial charge in [0.05, 0.1) is 19.9 Å². The Kier molecular flexibility index (Phi) is 7.68. The number of hydrazone groups is 1. The molecule has 138 valence electrons. The summed E-state index contributed by atoms with van der Waals surface area (Å²) in [5, 5.41) is 4.03. The summed E-state index contributed by atoms with van der Waals surface area (Å²) < 4.78 is 10.7. The zero-order valence-electron chi connectivity index (χ0n) is 15.6. The Morgan fingerprint density at radius 2 is 2.04 bits per heavy atom. The number of methoxy groups -OCH3 is 1. The lowest BCUT2D eigenvalue weighted by atomic mass is 10.0. The Bertz CT molecular complexity index is 757. The van der Waals surface area contributed by atoms with E-state index in [2.05, 4.69) is 23.5 Å². The third kappa shape index (κ3) is 5.92. The molecule has 0 spiro atoms. The van der Waals surface area contributed by atoms with Crippen LogP contribution in [0.2, 0.25) is 0 Å². The van der Waals surface area contributed by atoms with E-state index in [4.69, 9.17) is 9.47 Å². The van der Waals surface area contributed by atoms with E-state index in [1.54, 1.807) is 13.3 Å². The first-order chi connectivity index (χ1) is 12.6. The number of nitrogens with zero attached hydrogens (tertiary/aromatic N) is 1. The Balaban J connectivity index is 1.79. The highest BCUT2D eigenvalue weighted by molar-refractivity contribution is 5.85. The number of hydrogen-bond acceptors (Lipinski definition) is 4. The molecule has 2 rings (SSSR count). The van der Waals surface area contributed by atoms with Gasteiger partial charge in [-0.1, -0.05) is 18.2 Å². The van der Waals surface area contributed by atoms with E-state index >= 15 is 0 Å². The van der Waals surface area contributed by atoms with Crippen LogP contribution in [0.4, 0.5) is 0 Å². The van der Waals surface area contributed by atoms with Gasteiger partial charge < -0.3 is 9.47 Å². The smallest absolute Gasteiger partial charge is 0.240 e. The van der Waals surface area contributed by atoms with Gasteiger partial charge in [0.25, 0.3) is 0 Å². The van der Waals surface area contributed by atoms with Crippen molar-refractivity contribution in [3.05, 3.63) is 59.2 Å². The van der Waals surface area contributed by atoms with Crippen LogP contribution in [0.3, 0.4) is 0 Å². The first-order valence-electron chi connectivity index (χ1n) is 8.81. The number of aryl methyl sites for hydroxylation is 2. The SMILES string of the molecule is CCOc1ccccc1/C=N\NC(=O)CCCc1ccc(OC)cc1C. The molecular formula is C21H26N2O3. The van der Waals surface area contributed by atoms with Gasteiger partial charge in [-0.25, -0.2) is 5.43 Å². The third-order valence-electron chi connectivity index (χ3n) is 4.01. The molecule has 0 saturated heterocycles. The summed E-state index contributed by atoms with van der Waals surface area (Å²) in [5.74, 6) is 1.51. The summed E-state index contributed by atoms with van der Waals surface area (Å²) in [6, 6.07) is 13.6. The number of carbonyl (C=O) groups is 1. The molecule has 0 aliphatic rings. The minimum absolute atomic E-state index is 0.0960. The molecule has 0 aliphatic carbocycles. The van der Waals surface area contributed by atoms with Gasteiger partial charge in [-0.3, -0.25) is 4.79 Å². The molecule has 0 aliphatic heterocycles. The van der Waals surface area contributed by atoms with Crippen LogP contribution in [-0.4, -0.2) is 25.8 Å². The molecule has 2 aromatic carbocycles. The first kappa shape index (κ1) is 19.5. The zero-order valence-corrected chi connectivity index (χ0v) is 15.6. The second-order valence-corrected chi connectivity index (χ2v) is 5.91. The number of nitrogens with one attached hydrogen (secondary N) is 1. The monoisotopic (exact) mass is 354 g/mol. The molecule has 5 heteroatoms. The fraction of sp³-hybridized carbons (Fsp3) is 0.333. The van der Waals surface area contributed by atoms with Crippen molar-refractivity contribution in [2.24, 2.45) is 5.10 Å². The lowest BCUT2D eigenvalue weighted by Crippen LogP contribution is -2.17. The van der Waals surface area contributed by atoms with E-state index in [1.807, 2.05) is 43.3 Å². The lowest BCUT2D eigenvalue weighted by molar-refractivity contribution is -0.121. The van der Waals surface area contributed by atoms with Crippen molar-refractivity contribution in [1.29, 1.82) is 0 Å². The molecule has 0 radical (unpaired) electrons. The lowest BCUT2D eigenvalue weighted by Gasteiger charge is -2.08. The van der Waals surface area contributed by atoms with E-state index < -0.39 is 0 Å². The Hall–Kier alpha value is -2.82. The molecule has 0 saturated carbocycles. The van der Waals surface area contributed by atoms with E-state index in [9.17, 15) is 4.79 Å². The highest BCUT2D eigenvalue weighted by atomic mass is 16.5. The molecule has 26 heavy (non-hydrogen) atoms. The molecule has 0 unspecified atom stereocenters. The molecule has 0 fully saturated rings. The standard InChI is InChI=1S/C21H26N2O3/c1-4-26-20-10-6-5-8-18(20)15-22-23-21(24)11-7-9-17-12-13-19(25-3)14-16(17)2/h5-6,8,10,12-15H,4,7,9,11H2,1-3H3,(H,23,24)/b22-15-. The van der Waals surface area contributed by atoms with Crippen LogP contribution >= 0.6 is 0 Å². The summed E-state index contributed by atoms with van der Waals surface area (Å²) in [4.78, 5) is 11.9. The minimum atomic E-state index is -0.0960. The van der Waals surface area contributed by atoms with Gasteiger partial charge in [0.2, 0.25) is 5.91 Å². The molecule has 1 N–H and O–H groups in total. The summed E-state index contributed by atoms with van der Waals surface area (Å²) in [6.45, 7) is 4.57. The maximum absolute atomic E-state index is 11.9. The average Bonchev–Trinajstić information content (AvgIpc) is 2.64. The van der Waals surface area contributed by atoms with Gasteiger partial charge in [-0.05, 0) is 62.1 Å². The summed E-state index contributed by atoms with van der Waals surface area (Å²) in [7, 11) is 1.66. The van der Waals surface area contributed by atoms with Gasteiger partial charge in [-0.15, -0.1) is 0 Å². The number of para-hydroxylation sites is 1. The number of ether oxygens (including phenoxy) is 2. The Morgan fingerprint density at radius 1 is 1.23 bits per heavy atom. The van der Waals surface area contributed by atoms with Crippen LogP contribution in [0.25, 0.3) is 0 Å². The highest BCUT2D eigenvalue weighted by Gasteiger charge is 2.04.